The normalized spacial score (nSPS) is 13.1. The summed E-state index contributed by atoms with van der Waals surface area (Å²) in [5.74, 6) is 0.542. The summed E-state index contributed by atoms with van der Waals surface area (Å²) >= 11 is 0. The zero-order chi connectivity index (χ0) is 19.0. The Morgan fingerprint density at radius 1 is 0.852 bits per heavy atom. The van der Waals surface area contributed by atoms with Gasteiger partial charge < -0.3 is 4.52 Å². The van der Waals surface area contributed by atoms with Gasteiger partial charge in [0.2, 0.25) is 8.03 Å². The third kappa shape index (κ3) is 13.6. The van der Waals surface area contributed by atoms with Crippen LogP contribution in [-0.2, 0) is 15.5 Å². The van der Waals surface area contributed by atoms with Gasteiger partial charge in [-0.25, -0.2) is 0 Å². The van der Waals surface area contributed by atoms with Gasteiger partial charge in [-0.15, -0.1) is 0 Å². The molecule has 0 spiro atoms. The third-order valence-electron chi connectivity index (χ3n) is 5.25. The topological polar surface area (TPSA) is 26.3 Å². The molecule has 2 unspecified atom stereocenters. The summed E-state index contributed by atoms with van der Waals surface area (Å²) in [5.41, 5.74) is 1.35. The Morgan fingerprint density at radius 3 is 2.04 bits per heavy atom. The van der Waals surface area contributed by atoms with Gasteiger partial charge >= 0.3 is 0 Å². The van der Waals surface area contributed by atoms with Crippen molar-refractivity contribution in [2.45, 2.75) is 97.8 Å². The summed E-state index contributed by atoms with van der Waals surface area (Å²) in [7, 11) is -2.10. The van der Waals surface area contributed by atoms with Crippen molar-refractivity contribution in [3.05, 3.63) is 29.8 Å². The maximum Gasteiger partial charge on any atom is 0.220 e. The van der Waals surface area contributed by atoms with Crippen LogP contribution in [0.2, 0.25) is 0 Å². The number of hydrogen-bond donors (Lipinski definition) is 0. The van der Waals surface area contributed by atoms with Crippen LogP contribution in [-0.4, -0.2) is 6.61 Å². The molecule has 0 saturated heterocycles. The molecule has 0 aliphatic carbocycles. The van der Waals surface area contributed by atoms with Crippen LogP contribution in [0.5, 0.6) is 0 Å². The van der Waals surface area contributed by atoms with E-state index in [9.17, 15) is 4.57 Å². The average Bonchev–Trinajstić information content (AvgIpc) is 2.67. The maximum atomic E-state index is 12.4. The molecule has 27 heavy (non-hydrogen) atoms. The first-order valence-electron chi connectivity index (χ1n) is 11.0. The molecule has 0 fully saturated rings. The van der Waals surface area contributed by atoms with Crippen LogP contribution in [0.1, 0.15) is 97.0 Å². The quantitative estimate of drug-likeness (QED) is 0.167. The molecule has 0 aliphatic rings. The second kappa shape index (κ2) is 18.8. The Balaban J connectivity index is 0.00000676. The summed E-state index contributed by atoms with van der Waals surface area (Å²) in [6, 6.07) is 8.27. The first-order valence-corrected chi connectivity index (χ1v) is 12.3. The van der Waals surface area contributed by atoms with Crippen LogP contribution >= 0.6 is 8.03 Å². The summed E-state index contributed by atoms with van der Waals surface area (Å²) in [6.07, 6.45) is 15.3. The van der Waals surface area contributed by atoms with Crippen LogP contribution in [0.4, 0.5) is 0 Å². The largest absolute Gasteiger partial charge is 0.327 e. The fraction of sp³-hybridized carbons (Fsp3) is 0.739. The molecular formula is C23H41NdO2P. The second-order valence-electron chi connectivity index (χ2n) is 7.58. The van der Waals surface area contributed by atoms with Crippen molar-refractivity contribution in [2.75, 3.05) is 6.61 Å². The van der Waals surface area contributed by atoms with Crippen LogP contribution in [0, 0.1) is 46.8 Å². The smallest absolute Gasteiger partial charge is 0.220 e. The molecule has 0 N–H and O–H groups in total. The van der Waals surface area contributed by atoms with Crippen molar-refractivity contribution in [3.8, 4) is 0 Å². The number of unbranched alkanes of at least 4 members (excludes halogenated alkanes) is 7. The standard InChI is InChI=1S/C23H41O2P.Nd/c1-4-7-9-10-11-12-13-15-22-16-18-23(19-17-22)26(24)25-20-21(6-3)14-8-5-2;/h16-19,21,26H,4-15,20H2,1-3H3;. The van der Waals surface area contributed by atoms with Gasteiger partial charge in [0.1, 0.15) is 0 Å². The van der Waals surface area contributed by atoms with Gasteiger partial charge in [0.05, 0.1) is 6.61 Å². The predicted octanol–water partition coefficient (Wildman–Crippen LogP) is 7.31. The van der Waals surface area contributed by atoms with Crippen molar-refractivity contribution in [1.82, 2.24) is 0 Å². The maximum absolute atomic E-state index is 12.4. The van der Waals surface area contributed by atoms with Gasteiger partial charge in [-0.1, -0.05) is 90.7 Å². The van der Waals surface area contributed by atoms with Crippen LogP contribution in [0.15, 0.2) is 24.3 Å². The van der Waals surface area contributed by atoms with Crippen LogP contribution in [0.25, 0.3) is 0 Å². The Hall–Kier alpha value is 0.761. The van der Waals surface area contributed by atoms with Gasteiger partial charge in [-0.3, -0.25) is 4.57 Å². The molecule has 2 atom stereocenters. The number of hydrogen-bond acceptors (Lipinski definition) is 2. The van der Waals surface area contributed by atoms with E-state index in [1.165, 1.54) is 69.8 Å². The minimum atomic E-state index is -2.10. The van der Waals surface area contributed by atoms with E-state index in [2.05, 4.69) is 32.9 Å². The van der Waals surface area contributed by atoms with E-state index < -0.39 is 8.03 Å². The zero-order valence-electron chi connectivity index (χ0n) is 17.9. The molecule has 4 heteroatoms. The fourth-order valence-corrected chi connectivity index (χ4v) is 4.26. The predicted molar refractivity (Wildman–Crippen MR) is 116 cm³/mol. The van der Waals surface area contributed by atoms with E-state index in [0.29, 0.717) is 12.5 Å². The van der Waals surface area contributed by atoms with Crippen LogP contribution < -0.4 is 5.30 Å². The number of aryl methyl sites for hydroxylation is 1. The summed E-state index contributed by atoms with van der Waals surface area (Å²) in [6.45, 7) is 7.30. The summed E-state index contributed by atoms with van der Waals surface area (Å²) in [5, 5.41) is 0.865. The first kappa shape index (κ1) is 27.8. The van der Waals surface area contributed by atoms with E-state index in [-0.39, 0.29) is 40.8 Å². The molecule has 154 valence electrons. The Kier molecular flexibility index (Phi) is 19.3. The van der Waals surface area contributed by atoms with Gasteiger partial charge in [-0.2, -0.15) is 0 Å². The van der Waals surface area contributed by atoms with Gasteiger partial charge in [0.15, 0.2) is 0 Å². The molecule has 0 amide bonds. The first-order chi connectivity index (χ1) is 12.7. The molecule has 0 heterocycles. The van der Waals surface area contributed by atoms with E-state index in [4.69, 9.17) is 4.52 Å². The minimum Gasteiger partial charge on any atom is -0.327 e. The second-order valence-corrected chi connectivity index (χ2v) is 9.02. The van der Waals surface area contributed by atoms with Gasteiger partial charge in [0, 0.05) is 46.1 Å². The van der Waals surface area contributed by atoms with Gasteiger partial charge in [-0.05, 0) is 42.9 Å². The van der Waals surface area contributed by atoms with Crippen molar-refractivity contribution in [1.29, 1.82) is 0 Å². The number of rotatable bonds is 16. The number of benzene rings is 1. The monoisotopic (exact) mass is 522 g/mol. The van der Waals surface area contributed by atoms with E-state index in [1.807, 2.05) is 12.1 Å². The van der Waals surface area contributed by atoms with Gasteiger partial charge in [0.25, 0.3) is 0 Å². The summed E-state index contributed by atoms with van der Waals surface area (Å²) in [4.78, 5) is 0. The Morgan fingerprint density at radius 2 is 1.44 bits per heavy atom. The molecule has 1 rings (SSSR count). The molecule has 0 radical (unpaired) electrons. The SMILES string of the molecule is CCCCCCCCCc1ccc([PH](=O)OCC(CC)CCCC)cc1.[Nd]. The van der Waals surface area contributed by atoms with E-state index in [1.54, 1.807) is 0 Å². The van der Waals surface area contributed by atoms with Crippen molar-refractivity contribution in [2.24, 2.45) is 5.92 Å². The fourth-order valence-electron chi connectivity index (χ4n) is 3.27. The molecule has 1 aromatic carbocycles. The van der Waals surface area contributed by atoms with Crippen molar-refractivity contribution < 1.29 is 49.9 Å². The summed E-state index contributed by atoms with van der Waals surface area (Å²) < 4.78 is 18.1. The molecular weight excluding hydrogens is 483 g/mol. The minimum absolute atomic E-state index is 0. The zero-order valence-corrected chi connectivity index (χ0v) is 22.1. The van der Waals surface area contributed by atoms with Crippen LogP contribution in [0.3, 0.4) is 0 Å². The molecule has 0 saturated carbocycles. The van der Waals surface area contributed by atoms with E-state index >= 15 is 0 Å². The van der Waals surface area contributed by atoms with E-state index in [0.717, 1.165) is 18.1 Å². The Labute approximate surface area is 202 Å². The third-order valence-corrected chi connectivity index (χ3v) is 6.49. The molecule has 0 aliphatic heterocycles. The molecule has 1 aromatic rings. The van der Waals surface area contributed by atoms with Crippen molar-refractivity contribution in [3.63, 3.8) is 0 Å². The molecule has 2 nitrogen and oxygen atoms in total. The average molecular weight is 525 g/mol. The Bertz CT molecular complexity index is 476. The molecule has 0 aromatic heterocycles. The van der Waals surface area contributed by atoms with Crippen molar-refractivity contribution >= 4 is 13.3 Å². The molecule has 0 bridgehead atoms.